The summed E-state index contributed by atoms with van der Waals surface area (Å²) in [6, 6.07) is 5.25. The molecule has 2 aliphatic carbocycles. The molecule has 0 aromatic heterocycles. The van der Waals surface area contributed by atoms with Gasteiger partial charge in [0.1, 0.15) is 0 Å². The van der Waals surface area contributed by atoms with Gasteiger partial charge in [-0.15, -0.1) is 0 Å². The van der Waals surface area contributed by atoms with Crippen molar-refractivity contribution in [3.63, 3.8) is 0 Å². The number of benzene rings is 1. The summed E-state index contributed by atoms with van der Waals surface area (Å²) in [5.74, 6) is -0.212. The van der Waals surface area contributed by atoms with E-state index in [1.807, 2.05) is 6.07 Å². The molecule has 0 bridgehead atoms. The molecule has 1 amide bonds. The summed E-state index contributed by atoms with van der Waals surface area (Å²) >= 11 is 0. The molecular weight excluding hydrogens is 367 g/mol. The number of carbonyl (C=O) groups is 1. The molecule has 1 unspecified atom stereocenters. The number of carbonyl (C=O) groups excluding carboxylic acids is 1. The molecule has 7 heteroatoms. The topological polar surface area (TPSA) is 66.5 Å². The van der Waals surface area contributed by atoms with Gasteiger partial charge in [0.2, 0.25) is 15.7 Å². The Hall–Kier alpha value is -1.47. The molecule has 1 saturated heterocycles. The van der Waals surface area contributed by atoms with Crippen LogP contribution in [-0.4, -0.2) is 43.9 Å². The first-order chi connectivity index (χ1) is 12.9. The van der Waals surface area contributed by atoms with Crippen molar-refractivity contribution in [3.05, 3.63) is 29.3 Å². The lowest BCUT2D eigenvalue weighted by Crippen LogP contribution is -2.55. The van der Waals surface area contributed by atoms with Crippen LogP contribution in [0.3, 0.4) is 0 Å². The average Bonchev–Trinajstić information content (AvgIpc) is 3.50. The number of hydrogen-bond donors (Lipinski definition) is 1. The van der Waals surface area contributed by atoms with Gasteiger partial charge in [-0.2, -0.15) is 4.31 Å². The predicted molar refractivity (Wildman–Crippen MR) is 101 cm³/mol. The van der Waals surface area contributed by atoms with Gasteiger partial charge in [-0.1, -0.05) is 6.07 Å². The molecule has 148 valence electrons. The van der Waals surface area contributed by atoms with Crippen molar-refractivity contribution in [1.82, 2.24) is 9.62 Å². The number of alkyl halides is 1. The maximum absolute atomic E-state index is 15.3. The quantitative estimate of drug-likeness (QED) is 0.835. The average molecular weight is 395 g/mol. The monoisotopic (exact) mass is 394 g/mol. The highest BCUT2D eigenvalue weighted by Crippen LogP contribution is 2.32. The van der Waals surface area contributed by atoms with Crippen molar-refractivity contribution in [2.45, 2.75) is 61.9 Å². The highest BCUT2D eigenvalue weighted by molar-refractivity contribution is 7.89. The van der Waals surface area contributed by atoms with Gasteiger partial charge in [0.25, 0.3) is 5.91 Å². The van der Waals surface area contributed by atoms with E-state index in [-0.39, 0.29) is 17.9 Å². The summed E-state index contributed by atoms with van der Waals surface area (Å²) in [5, 5.41) is 2.67. The van der Waals surface area contributed by atoms with Crippen LogP contribution in [0.15, 0.2) is 23.1 Å². The van der Waals surface area contributed by atoms with Crippen molar-refractivity contribution in [2.24, 2.45) is 5.92 Å². The summed E-state index contributed by atoms with van der Waals surface area (Å²) < 4.78 is 42.6. The lowest BCUT2D eigenvalue weighted by atomic mass is 9.92. The Bertz CT molecular complexity index is 838. The molecule has 0 radical (unpaired) electrons. The van der Waals surface area contributed by atoms with E-state index in [1.165, 1.54) is 5.56 Å². The molecule has 1 heterocycles. The van der Waals surface area contributed by atoms with Crippen LogP contribution in [0.25, 0.3) is 0 Å². The molecule has 2 fully saturated rings. The second-order valence-electron chi connectivity index (χ2n) is 8.20. The van der Waals surface area contributed by atoms with Crippen LogP contribution in [0.1, 0.15) is 49.7 Å². The Morgan fingerprint density at radius 3 is 2.67 bits per heavy atom. The van der Waals surface area contributed by atoms with E-state index in [0.717, 1.165) is 48.4 Å². The molecule has 1 aliphatic heterocycles. The number of nitrogens with zero attached hydrogens (tertiary/aromatic N) is 1. The zero-order valence-electron chi connectivity index (χ0n) is 15.5. The minimum atomic E-state index is -3.81. The molecule has 27 heavy (non-hydrogen) atoms. The fraction of sp³-hybridized carbons (Fsp3) is 0.650. The van der Waals surface area contributed by atoms with Gasteiger partial charge in [-0.25, -0.2) is 12.8 Å². The molecule has 3 aliphatic rings. The fourth-order valence-electron chi connectivity index (χ4n) is 4.10. The SMILES string of the molecule is O=C(NCC1CC1)C1(F)CCCN(S(=O)(=O)c2ccc3c(c2)CCCC3)C1. The highest BCUT2D eigenvalue weighted by atomic mass is 32.2. The number of nitrogens with one attached hydrogen (secondary N) is 1. The van der Waals surface area contributed by atoms with Gasteiger partial charge >= 0.3 is 0 Å². The van der Waals surface area contributed by atoms with Crippen molar-refractivity contribution in [2.75, 3.05) is 19.6 Å². The lowest BCUT2D eigenvalue weighted by molar-refractivity contribution is -0.135. The first-order valence-corrected chi connectivity index (χ1v) is 11.4. The van der Waals surface area contributed by atoms with Gasteiger partial charge < -0.3 is 5.32 Å². The van der Waals surface area contributed by atoms with Crippen molar-refractivity contribution < 1.29 is 17.6 Å². The molecule has 1 aromatic rings. The second-order valence-corrected chi connectivity index (χ2v) is 10.1. The minimum absolute atomic E-state index is 0.0692. The third-order valence-electron chi connectivity index (χ3n) is 6.02. The molecule has 0 spiro atoms. The number of fused-ring (bicyclic) bond motifs is 1. The van der Waals surface area contributed by atoms with Gasteiger partial charge in [-0.3, -0.25) is 4.79 Å². The molecule has 5 nitrogen and oxygen atoms in total. The highest BCUT2D eigenvalue weighted by Gasteiger charge is 2.46. The number of sulfonamides is 1. The van der Waals surface area contributed by atoms with E-state index < -0.39 is 28.1 Å². The normalized spacial score (nSPS) is 26.4. The number of piperidine rings is 1. The van der Waals surface area contributed by atoms with E-state index in [0.29, 0.717) is 18.9 Å². The third kappa shape index (κ3) is 3.90. The van der Waals surface area contributed by atoms with Crippen LogP contribution in [0.5, 0.6) is 0 Å². The fourth-order valence-corrected chi connectivity index (χ4v) is 5.67. The van der Waals surface area contributed by atoms with Crippen LogP contribution < -0.4 is 5.32 Å². The van der Waals surface area contributed by atoms with E-state index in [2.05, 4.69) is 5.32 Å². The number of halogens is 1. The Balaban J connectivity index is 1.51. The van der Waals surface area contributed by atoms with Crippen LogP contribution in [0.4, 0.5) is 4.39 Å². The smallest absolute Gasteiger partial charge is 0.259 e. The van der Waals surface area contributed by atoms with Gasteiger partial charge in [0.05, 0.1) is 11.4 Å². The van der Waals surface area contributed by atoms with Gasteiger partial charge in [0, 0.05) is 13.1 Å². The molecule has 4 rings (SSSR count). The molecule has 1 saturated carbocycles. The van der Waals surface area contributed by atoms with Crippen molar-refractivity contribution in [3.8, 4) is 0 Å². The van der Waals surface area contributed by atoms with Crippen molar-refractivity contribution in [1.29, 1.82) is 0 Å². The largest absolute Gasteiger partial charge is 0.353 e. The summed E-state index contributed by atoms with van der Waals surface area (Å²) in [7, 11) is -3.81. The Morgan fingerprint density at radius 2 is 1.93 bits per heavy atom. The van der Waals surface area contributed by atoms with E-state index >= 15 is 4.39 Å². The standard InChI is InChI=1S/C20H27FN2O3S/c21-20(19(24)22-13-15-6-7-15)10-3-11-23(14-20)27(25,26)18-9-8-16-4-1-2-5-17(16)12-18/h8-9,12,15H,1-7,10-11,13-14H2,(H,22,24). The third-order valence-corrected chi connectivity index (χ3v) is 7.86. The van der Waals surface area contributed by atoms with Crippen LogP contribution in [-0.2, 0) is 27.7 Å². The number of aryl methyl sites for hydroxylation is 2. The summed E-state index contributed by atoms with van der Waals surface area (Å²) in [5.41, 5.74) is 0.139. The zero-order valence-corrected chi connectivity index (χ0v) is 16.4. The Labute approximate surface area is 160 Å². The molecule has 1 N–H and O–H groups in total. The predicted octanol–water partition coefficient (Wildman–Crippen LogP) is 2.58. The van der Waals surface area contributed by atoms with Gasteiger partial charge in [-0.05, 0) is 80.5 Å². The maximum Gasteiger partial charge on any atom is 0.259 e. The summed E-state index contributed by atoms with van der Waals surface area (Å²) in [4.78, 5) is 12.6. The van der Waals surface area contributed by atoms with Crippen molar-refractivity contribution >= 4 is 15.9 Å². The maximum atomic E-state index is 15.3. The summed E-state index contributed by atoms with van der Waals surface area (Å²) in [6.45, 7) is 0.339. The Kier molecular flexibility index (Phi) is 5.01. The summed E-state index contributed by atoms with van der Waals surface area (Å²) in [6.07, 6.45) is 6.61. The van der Waals surface area contributed by atoms with E-state index in [4.69, 9.17) is 0 Å². The molecule has 1 aromatic carbocycles. The first kappa shape index (κ1) is 18.9. The zero-order chi connectivity index (χ0) is 19.1. The minimum Gasteiger partial charge on any atom is -0.353 e. The molecule has 1 atom stereocenters. The van der Waals surface area contributed by atoms with Crippen LogP contribution >= 0.6 is 0 Å². The first-order valence-electron chi connectivity index (χ1n) is 9.98. The number of amides is 1. The number of rotatable bonds is 5. The Morgan fingerprint density at radius 1 is 1.19 bits per heavy atom. The molecular formula is C20H27FN2O3S. The lowest BCUT2D eigenvalue weighted by Gasteiger charge is -2.35. The van der Waals surface area contributed by atoms with Gasteiger partial charge in [0.15, 0.2) is 0 Å². The van der Waals surface area contributed by atoms with E-state index in [1.54, 1.807) is 12.1 Å². The number of hydrogen-bond acceptors (Lipinski definition) is 3. The van der Waals surface area contributed by atoms with Crippen LogP contribution in [0.2, 0.25) is 0 Å². The second kappa shape index (κ2) is 7.17. The van der Waals surface area contributed by atoms with Crippen LogP contribution in [0, 0.1) is 5.92 Å². The van der Waals surface area contributed by atoms with E-state index in [9.17, 15) is 13.2 Å².